The fourth-order valence-electron chi connectivity index (χ4n) is 4.64. The van der Waals surface area contributed by atoms with Crippen molar-refractivity contribution in [3.8, 4) is 11.5 Å². The molecule has 0 unspecified atom stereocenters. The quantitative estimate of drug-likeness (QED) is 0.277. The average Bonchev–Trinajstić information content (AvgIpc) is 3.62. The SMILES string of the molecule is CC[C@H](c1nnnn1Cc1ccc(OC)cc1)N(Cc1ccco1)Cc1cc2cc(OC)ccc2[nH]c1=O. The van der Waals surface area contributed by atoms with Gasteiger partial charge in [0.05, 0.1) is 39.6 Å². The maximum absolute atomic E-state index is 13.1. The van der Waals surface area contributed by atoms with Crippen molar-refractivity contribution in [1.82, 2.24) is 30.1 Å². The van der Waals surface area contributed by atoms with Crippen molar-refractivity contribution in [2.75, 3.05) is 14.2 Å². The van der Waals surface area contributed by atoms with Gasteiger partial charge in [-0.05, 0) is 70.9 Å². The van der Waals surface area contributed by atoms with Gasteiger partial charge in [0.15, 0.2) is 5.82 Å². The van der Waals surface area contributed by atoms with Gasteiger partial charge in [-0.15, -0.1) is 5.10 Å². The highest BCUT2D eigenvalue weighted by Crippen LogP contribution is 2.27. The van der Waals surface area contributed by atoms with Crippen molar-refractivity contribution < 1.29 is 13.9 Å². The lowest BCUT2D eigenvalue weighted by atomic mass is 10.1. The highest BCUT2D eigenvalue weighted by molar-refractivity contribution is 5.80. The van der Waals surface area contributed by atoms with Crippen LogP contribution in [0.4, 0.5) is 0 Å². The third-order valence-corrected chi connectivity index (χ3v) is 6.62. The van der Waals surface area contributed by atoms with Crippen LogP contribution in [0.2, 0.25) is 0 Å². The number of rotatable bonds is 11. The van der Waals surface area contributed by atoms with E-state index in [1.54, 1.807) is 25.2 Å². The van der Waals surface area contributed by atoms with Crippen LogP contribution in [0, 0.1) is 0 Å². The molecule has 3 heterocycles. The van der Waals surface area contributed by atoms with Gasteiger partial charge in [0, 0.05) is 23.0 Å². The molecule has 1 N–H and O–H groups in total. The number of nitrogens with one attached hydrogen (secondary N) is 1. The summed E-state index contributed by atoms with van der Waals surface area (Å²) in [5.74, 6) is 3.03. The number of hydrogen-bond acceptors (Lipinski definition) is 8. The average molecular weight is 515 g/mol. The Morgan fingerprint density at radius 3 is 2.53 bits per heavy atom. The molecule has 5 rings (SSSR count). The highest BCUT2D eigenvalue weighted by Gasteiger charge is 2.27. The van der Waals surface area contributed by atoms with E-state index in [2.05, 4.69) is 32.3 Å². The Morgan fingerprint density at radius 1 is 1.03 bits per heavy atom. The molecular formula is C28H30N6O4. The molecular weight excluding hydrogens is 484 g/mol. The molecule has 0 aliphatic rings. The number of fused-ring (bicyclic) bond motifs is 1. The van der Waals surface area contributed by atoms with Crippen LogP contribution in [0.3, 0.4) is 0 Å². The van der Waals surface area contributed by atoms with Gasteiger partial charge >= 0.3 is 0 Å². The summed E-state index contributed by atoms with van der Waals surface area (Å²) in [7, 11) is 3.27. The number of pyridine rings is 1. The van der Waals surface area contributed by atoms with Crippen molar-refractivity contribution in [2.24, 2.45) is 0 Å². The number of ether oxygens (including phenoxy) is 2. The minimum atomic E-state index is -0.172. The molecule has 0 bridgehead atoms. The minimum Gasteiger partial charge on any atom is -0.497 e. The van der Waals surface area contributed by atoms with E-state index < -0.39 is 0 Å². The van der Waals surface area contributed by atoms with Crippen LogP contribution in [0.1, 0.15) is 42.1 Å². The summed E-state index contributed by atoms with van der Waals surface area (Å²) >= 11 is 0. The monoisotopic (exact) mass is 514 g/mol. The summed E-state index contributed by atoms with van der Waals surface area (Å²) in [5.41, 5.74) is 2.30. The molecule has 10 heteroatoms. The van der Waals surface area contributed by atoms with Crippen LogP contribution in [0.15, 0.2) is 76.1 Å². The summed E-state index contributed by atoms with van der Waals surface area (Å²) in [6.45, 7) is 3.45. The molecule has 1 atom stereocenters. The smallest absolute Gasteiger partial charge is 0.252 e. The van der Waals surface area contributed by atoms with Gasteiger partial charge in [-0.1, -0.05) is 19.1 Å². The molecule has 0 aliphatic carbocycles. The van der Waals surface area contributed by atoms with Crippen LogP contribution >= 0.6 is 0 Å². The molecule has 0 spiro atoms. The highest BCUT2D eigenvalue weighted by atomic mass is 16.5. The zero-order valence-electron chi connectivity index (χ0n) is 21.6. The first-order valence-corrected chi connectivity index (χ1v) is 12.4. The number of nitrogens with zero attached hydrogens (tertiary/aromatic N) is 5. The Kier molecular flexibility index (Phi) is 7.50. The van der Waals surface area contributed by atoms with E-state index in [-0.39, 0.29) is 11.6 Å². The van der Waals surface area contributed by atoms with E-state index in [0.717, 1.165) is 40.1 Å². The zero-order valence-corrected chi connectivity index (χ0v) is 21.6. The molecule has 0 aliphatic heterocycles. The Labute approximate surface area is 219 Å². The number of tetrazole rings is 1. The lowest BCUT2D eigenvalue weighted by Crippen LogP contribution is -2.32. The summed E-state index contributed by atoms with van der Waals surface area (Å²) in [6.07, 6.45) is 2.38. The third kappa shape index (κ3) is 5.45. The van der Waals surface area contributed by atoms with Gasteiger partial charge in [-0.2, -0.15) is 0 Å². The molecule has 3 aromatic heterocycles. The predicted octanol–water partition coefficient (Wildman–Crippen LogP) is 4.33. The Bertz CT molecular complexity index is 1540. The first-order valence-electron chi connectivity index (χ1n) is 12.4. The predicted molar refractivity (Wildman–Crippen MR) is 142 cm³/mol. The lowest BCUT2D eigenvalue weighted by Gasteiger charge is -2.29. The van der Waals surface area contributed by atoms with E-state index in [4.69, 9.17) is 13.9 Å². The second-order valence-electron chi connectivity index (χ2n) is 9.03. The summed E-state index contributed by atoms with van der Waals surface area (Å²) in [5, 5.41) is 13.6. The maximum Gasteiger partial charge on any atom is 0.252 e. The fourth-order valence-corrected chi connectivity index (χ4v) is 4.64. The van der Waals surface area contributed by atoms with Crippen LogP contribution in [-0.4, -0.2) is 44.3 Å². The normalized spacial score (nSPS) is 12.2. The fraction of sp³-hybridized carbons (Fsp3) is 0.286. The zero-order chi connectivity index (χ0) is 26.5. The number of aromatic nitrogens is 5. The first-order chi connectivity index (χ1) is 18.6. The van der Waals surface area contributed by atoms with Gasteiger partial charge in [0.1, 0.15) is 17.3 Å². The van der Waals surface area contributed by atoms with Gasteiger partial charge in [0.2, 0.25) is 0 Å². The topological polar surface area (TPSA) is 111 Å². The lowest BCUT2D eigenvalue weighted by molar-refractivity contribution is 0.149. The van der Waals surface area contributed by atoms with Crippen LogP contribution in [0.5, 0.6) is 11.5 Å². The van der Waals surface area contributed by atoms with Crippen molar-refractivity contribution in [3.63, 3.8) is 0 Å². The van der Waals surface area contributed by atoms with Gasteiger partial charge < -0.3 is 18.9 Å². The summed E-state index contributed by atoms with van der Waals surface area (Å²) in [4.78, 5) is 18.3. The van der Waals surface area contributed by atoms with E-state index >= 15 is 0 Å². The summed E-state index contributed by atoms with van der Waals surface area (Å²) < 4.78 is 18.1. The molecule has 2 aromatic carbocycles. The number of aromatic amines is 1. The molecule has 5 aromatic rings. The van der Waals surface area contributed by atoms with Crippen molar-refractivity contribution in [2.45, 2.75) is 39.0 Å². The van der Waals surface area contributed by atoms with E-state index in [9.17, 15) is 4.79 Å². The maximum atomic E-state index is 13.1. The minimum absolute atomic E-state index is 0.139. The third-order valence-electron chi connectivity index (χ3n) is 6.62. The Morgan fingerprint density at radius 2 is 1.82 bits per heavy atom. The van der Waals surface area contributed by atoms with E-state index in [1.165, 1.54) is 0 Å². The van der Waals surface area contributed by atoms with Crippen LogP contribution in [-0.2, 0) is 19.6 Å². The number of benzene rings is 2. The molecule has 10 nitrogen and oxygen atoms in total. The van der Waals surface area contributed by atoms with Crippen molar-refractivity contribution >= 4 is 10.9 Å². The second kappa shape index (κ2) is 11.3. The van der Waals surface area contributed by atoms with Crippen LogP contribution in [0.25, 0.3) is 10.9 Å². The number of methoxy groups -OCH3 is 2. The van der Waals surface area contributed by atoms with Crippen molar-refractivity contribution in [1.29, 1.82) is 0 Å². The van der Waals surface area contributed by atoms with Gasteiger partial charge in [0.25, 0.3) is 5.56 Å². The largest absolute Gasteiger partial charge is 0.497 e. The van der Waals surface area contributed by atoms with E-state index in [1.807, 2.05) is 60.7 Å². The molecule has 0 amide bonds. The van der Waals surface area contributed by atoms with Gasteiger partial charge in [-0.25, -0.2) is 4.68 Å². The molecule has 38 heavy (non-hydrogen) atoms. The Balaban J connectivity index is 1.48. The van der Waals surface area contributed by atoms with E-state index in [0.29, 0.717) is 31.0 Å². The van der Waals surface area contributed by atoms with Crippen LogP contribution < -0.4 is 15.0 Å². The van der Waals surface area contributed by atoms with Crippen molar-refractivity contribution in [3.05, 3.63) is 100.0 Å². The molecule has 0 saturated carbocycles. The number of hydrogen-bond donors (Lipinski definition) is 1. The molecule has 0 saturated heterocycles. The molecule has 0 fully saturated rings. The number of furan rings is 1. The number of H-pyrrole nitrogens is 1. The first kappa shape index (κ1) is 25.2. The van der Waals surface area contributed by atoms with Gasteiger partial charge in [-0.3, -0.25) is 9.69 Å². The Hall–Kier alpha value is -4.44. The standard InChI is InChI=1S/C28H30N6O4/c1-4-26(27-30-31-32-34(27)16-19-7-9-22(36-2)10-8-19)33(18-24-6-5-13-38-24)17-21-14-20-15-23(37-3)11-12-25(20)29-28(21)35/h5-15,26H,4,16-18H2,1-3H3,(H,29,35)/t26-/m1/s1. The molecule has 0 radical (unpaired) electrons. The second-order valence-corrected chi connectivity index (χ2v) is 9.03. The summed E-state index contributed by atoms with van der Waals surface area (Å²) in [6, 6.07) is 18.9. The molecule has 196 valence electrons.